The van der Waals surface area contributed by atoms with Crippen LogP contribution in [0.1, 0.15) is 77.3 Å². The van der Waals surface area contributed by atoms with Crippen molar-refractivity contribution in [2.45, 2.75) is 77.4 Å². The maximum absolute atomic E-state index is 14.7. The Morgan fingerprint density at radius 2 is 2.07 bits per heavy atom. The lowest BCUT2D eigenvalue weighted by Gasteiger charge is -2.37. The van der Waals surface area contributed by atoms with Crippen molar-refractivity contribution in [3.05, 3.63) is 23.5 Å². The molecule has 0 unspecified atom stereocenters. The fourth-order valence-electron chi connectivity index (χ4n) is 4.12. The number of hydrogen-bond donors (Lipinski definition) is 2. The van der Waals surface area contributed by atoms with E-state index in [0.717, 1.165) is 32.1 Å². The van der Waals surface area contributed by atoms with E-state index in [0.29, 0.717) is 23.4 Å². The number of aromatic nitrogens is 2. The van der Waals surface area contributed by atoms with Gasteiger partial charge in [0.05, 0.1) is 11.1 Å². The lowest BCUT2D eigenvalue weighted by molar-refractivity contribution is -0.119. The number of halogens is 1. The summed E-state index contributed by atoms with van der Waals surface area (Å²) in [5.74, 6) is -0.102. The zero-order valence-corrected chi connectivity index (χ0v) is 16.3. The van der Waals surface area contributed by atoms with E-state index in [1.165, 1.54) is 12.5 Å². The van der Waals surface area contributed by atoms with E-state index in [-0.39, 0.29) is 22.9 Å². The first-order valence-electron chi connectivity index (χ1n) is 9.90. The number of carbonyl (C=O) groups excluding carboxylic acids is 1. The summed E-state index contributed by atoms with van der Waals surface area (Å²) < 4.78 is 16.7. The van der Waals surface area contributed by atoms with Crippen molar-refractivity contribution in [1.82, 2.24) is 9.55 Å². The van der Waals surface area contributed by atoms with Gasteiger partial charge in [0.25, 0.3) is 0 Å². The number of rotatable bonds is 5. The van der Waals surface area contributed by atoms with Gasteiger partial charge in [-0.15, -0.1) is 0 Å². The summed E-state index contributed by atoms with van der Waals surface area (Å²) >= 11 is 0. The van der Waals surface area contributed by atoms with E-state index in [2.05, 4.69) is 17.2 Å². The van der Waals surface area contributed by atoms with Gasteiger partial charge in [-0.2, -0.15) is 0 Å². The van der Waals surface area contributed by atoms with Gasteiger partial charge < -0.3 is 9.67 Å². The first-order valence-corrected chi connectivity index (χ1v) is 9.90. The van der Waals surface area contributed by atoms with E-state index >= 15 is 0 Å². The number of hydrogen-bond acceptors (Lipinski definition) is 3. The van der Waals surface area contributed by atoms with Crippen LogP contribution in [0, 0.1) is 11.2 Å². The molecule has 2 aliphatic carbocycles. The summed E-state index contributed by atoms with van der Waals surface area (Å²) in [6.07, 6.45) is 6.88. The molecule has 4 rings (SSSR count). The van der Waals surface area contributed by atoms with Gasteiger partial charge in [-0.05, 0) is 69.1 Å². The maximum Gasteiger partial charge on any atom is 0.227 e. The van der Waals surface area contributed by atoms with Crippen LogP contribution >= 0.6 is 0 Å². The minimum absolute atomic E-state index is 0.0591. The van der Waals surface area contributed by atoms with Crippen LogP contribution in [0.2, 0.25) is 0 Å². The zero-order valence-electron chi connectivity index (χ0n) is 16.3. The number of nitrogens with zero attached hydrogens (tertiary/aromatic N) is 2. The third-order valence-corrected chi connectivity index (χ3v) is 6.29. The van der Waals surface area contributed by atoms with Crippen molar-refractivity contribution in [2.24, 2.45) is 5.41 Å². The number of fused-ring (bicyclic) bond motifs is 1. The summed E-state index contributed by atoms with van der Waals surface area (Å²) in [4.78, 5) is 17.0. The van der Waals surface area contributed by atoms with Gasteiger partial charge in [-0.3, -0.25) is 10.1 Å². The van der Waals surface area contributed by atoms with Crippen molar-refractivity contribution in [1.29, 1.82) is 0 Å². The van der Waals surface area contributed by atoms with Crippen LogP contribution in [0.4, 0.5) is 10.3 Å². The van der Waals surface area contributed by atoms with Crippen LogP contribution in [0.15, 0.2) is 12.1 Å². The number of aliphatic hydroxyl groups is 1. The van der Waals surface area contributed by atoms with Crippen molar-refractivity contribution in [2.75, 3.05) is 5.32 Å². The van der Waals surface area contributed by atoms with Crippen LogP contribution in [-0.4, -0.2) is 20.6 Å². The summed E-state index contributed by atoms with van der Waals surface area (Å²) in [5.41, 5.74) is 0.331. The van der Waals surface area contributed by atoms with Gasteiger partial charge in [0, 0.05) is 12.5 Å². The molecule has 5 nitrogen and oxygen atoms in total. The predicted octanol–water partition coefficient (Wildman–Crippen LogP) is 4.65. The number of nitrogens with one attached hydrogen (secondary N) is 1. The van der Waals surface area contributed by atoms with Gasteiger partial charge in [0.1, 0.15) is 5.52 Å². The van der Waals surface area contributed by atoms with Crippen molar-refractivity contribution in [3.63, 3.8) is 0 Å². The molecule has 2 fully saturated rings. The molecule has 1 aromatic carbocycles. The Morgan fingerprint density at radius 3 is 2.59 bits per heavy atom. The summed E-state index contributed by atoms with van der Waals surface area (Å²) in [5, 5.41) is 13.3. The molecular weight excluding hydrogens is 345 g/mol. The Kier molecular flexibility index (Phi) is 4.29. The largest absolute Gasteiger partial charge is 0.386 e. The summed E-state index contributed by atoms with van der Waals surface area (Å²) in [6, 6.07) is 3.34. The number of imidazole rings is 1. The molecular formula is C21H28FN3O2. The third-order valence-electron chi connectivity index (χ3n) is 6.29. The maximum atomic E-state index is 14.7. The van der Waals surface area contributed by atoms with E-state index < -0.39 is 11.4 Å². The first kappa shape index (κ1) is 18.4. The predicted molar refractivity (Wildman–Crippen MR) is 103 cm³/mol. The fraction of sp³-hybridized carbons (Fsp3) is 0.619. The molecule has 2 aromatic rings. The highest BCUT2D eigenvalue weighted by atomic mass is 19.1. The van der Waals surface area contributed by atoms with Crippen LogP contribution in [0.25, 0.3) is 11.0 Å². The quantitative estimate of drug-likeness (QED) is 0.802. The molecule has 27 heavy (non-hydrogen) atoms. The second kappa shape index (κ2) is 6.30. The normalized spacial score (nSPS) is 19.6. The van der Waals surface area contributed by atoms with Crippen molar-refractivity contribution in [3.8, 4) is 0 Å². The highest BCUT2D eigenvalue weighted by Gasteiger charge is 2.35. The Labute approximate surface area is 159 Å². The molecule has 1 amide bonds. The Bertz CT molecular complexity index is 889. The number of carbonyl (C=O) groups is 1. The molecule has 0 spiro atoms. The molecule has 0 aliphatic heterocycles. The molecule has 6 heteroatoms. The lowest BCUT2D eigenvalue weighted by Crippen LogP contribution is -2.31. The fourth-order valence-corrected chi connectivity index (χ4v) is 4.12. The monoisotopic (exact) mass is 373 g/mol. The smallest absolute Gasteiger partial charge is 0.227 e. The Morgan fingerprint density at radius 1 is 1.37 bits per heavy atom. The van der Waals surface area contributed by atoms with Crippen LogP contribution in [-0.2, 0) is 10.4 Å². The van der Waals surface area contributed by atoms with E-state index in [9.17, 15) is 14.3 Å². The molecule has 0 bridgehead atoms. The minimum atomic E-state index is -1.15. The molecule has 146 valence electrons. The number of amides is 1. The van der Waals surface area contributed by atoms with Crippen LogP contribution < -0.4 is 5.32 Å². The zero-order chi connectivity index (χ0) is 19.4. The molecule has 0 radical (unpaired) electrons. The molecule has 0 atom stereocenters. The Hall–Kier alpha value is -1.95. The molecule has 2 aliphatic rings. The average molecular weight is 373 g/mol. The number of benzene rings is 1. The second-order valence-corrected chi connectivity index (χ2v) is 9.16. The lowest BCUT2D eigenvalue weighted by atomic mass is 9.68. The van der Waals surface area contributed by atoms with Crippen molar-refractivity contribution < 1.29 is 14.3 Å². The van der Waals surface area contributed by atoms with Gasteiger partial charge in [-0.25, -0.2) is 9.37 Å². The SMILES string of the molecule is CC1(CC(=O)Nc2nc3c(F)cc(C(C)(C)O)cc3n2C2CCC2)CCC1. The first-order chi connectivity index (χ1) is 12.7. The number of anilines is 1. The van der Waals surface area contributed by atoms with Crippen LogP contribution in [0.3, 0.4) is 0 Å². The third kappa shape index (κ3) is 3.35. The summed E-state index contributed by atoms with van der Waals surface area (Å²) in [6.45, 7) is 5.42. The highest BCUT2D eigenvalue weighted by Crippen LogP contribution is 2.44. The minimum Gasteiger partial charge on any atom is -0.386 e. The van der Waals surface area contributed by atoms with E-state index in [1.54, 1.807) is 19.9 Å². The molecule has 0 saturated heterocycles. The standard InChI is InChI=1S/C21H28FN3O2/c1-20(2,27)13-10-15(22)18-16(11-13)25(14-6-4-7-14)19(24-18)23-17(26)12-21(3)8-5-9-21/h10-11,14,27H,4-9,12H2,1-3H3,(H,23,24,26). The topological polar surface area (TPSA) is 67.2 Å². The van der Waals surface area contributed by atoms with E-state index in [1.807, 2.05) is 4.57 Å². The van der Waals surface area contributed by atoms with E-state index in [4.69, 9.17) is 0 Å². The molecule has 2 N–H and O–H groups in total. The Balaban J connectivity index is 1.73. The van der Waals surface area contributed by atoms with Gasteiger partial charge in [-0.1, -0.05) is 13.3 Å². The van der Waals surface area contributed by atoms with Crippen LogP contribution in [0.5, 0.6) is 0 Å². The van der Waals surface area contributed by atoms with Gasteiger partial charge in [0.2, 0.25) is 11.9 Å². The van der Waals surface area contributed by atoms with Gasteiger partial charge in [0.15, 0.2) is 5.82 Å². The summed E-state index contributed by atoms with van der Waals surface area (Å²) in [7, 11) is 0. The van der Waals surface area contributed by atoms with Gasteiger partial charge >= 0.3 is 0 Å². The molecule has 1 heterocycles. The average Bonchev–Trinajstić information content (AvgIpc) is 2.82. The molecule has 1 aromatic heterocycles. The molecule has 2 saturated carbocycles. The highest BCUT2D eigenvalue weighted by molar-refractivity contribution is 5.92. The second-order valence-electron chi connectivity index (χ2n) is 9.16. The van der Waals surface area contributed by atoms with Crippen molar-refractivity contribution >= 4 is 22.9 Å².